The van der Waals surface area contributed by atoms with E-state index < -0.39 is 0 Å². The SMILES string of the molecule is CC(C)C(=O)N1[C@@H]2CC[C@H]1Cc1nc3ccccc3c(=O)n1C2. The number of rotatable bonds is 1. The van der Waals surface area contributed by atoms with Gasteiger partial charge in [0.2, 0.25) is 5.91 Å². The number of hydrogen-bond acceptors (Lipinski definition) is 3. The zero-order valence-corrected chi connectivity index (χ0v) is 13.5. The number of benzene rings is 1. The first-order valence-corrected chi connectivity index (χ1v) is 8.37. The largest absolute Gasteiger partial charge is 0.334 e. The third-order valence-electron chi connectivity index (χ3n) is 5.12. The maximum Gasteiger partial charge on any atom is 0.261 e. The van der Waals surface area contributed by atoms with Crippen molar-refractivity contribution in [2.24, 2.45) is 5.92 Å². The van der Waals surface area contributed by atoms with Crippen molar-refractivity contribution < 1.29 is 4.79 Å². The quantitative estimate of drug-likeness (QED) is 0.809. The van der Waals surface area contributed by atoms with Gasteiger partial charge in [-0.05, 0) is 25.0 Å². The Morgan fingerprint density at radius 1 is 1.22 bits per heavy atom. The summed E-state index contributed by atoms with van der Waals surface area (Å²) in [4.78, 5) is 32.2. The van der Waals surface area contributed by atoms with E-state index in [4.69, 9.17) is 4.98 Å². The molecule has 1 amide bonds. The van der Waals surface area contributed by atoms with Crippen molar-refractivity contribution in [1.29, 1.82) is 0 Å². The Kier molecular flexibility index (Phi) is 3.25. The van der Waals surface area contributed by atoms with Crippen molar-refractivity contribution in [2.75, 3.05) is 0 Å². The molecule has 2 atom stereocenters. The molecule has 120 valence electrons. The molecule has 2 aliphatic heterocycles. The van der Waals surface area contributed by atoms with Gasteiger partial charge in [-0.15, -0.1) is 0 Å². The minimum absolute atomic E-state index is 0.0111. The monoisotopic (exact) mass is 311 g/mol. The summed E-state index contributed by atoms with van der Waals surface area (Å²) in [5.74, 6) is 1.01. The van der Waals surface area contributed by atoms with E-state index in [1.807, 2.05) is 43.0 Å². The van der Waals surface area contributed by atoms with E-state index in [-0.39, 0.29) is 29.5 Å². The lowest BCUT2D eigenvalue weighted by atomic mass is 10.1. The molecule has 0 radical (unpaired) electrons. The molecule has 2 aromatic rings. The maximum absolute atomic E-state index is 12.8. The Balaban J connectivity index is 1.83. The molecular weight excluding hydrogens is 290 g/mol. The predicted molar refractivity (Wildman–Crippen MR) is 88.2 cm³/mol. The molecular formula is C18H21N3O2. The molecule has 0 aliphatic carbocycles. The third-order valence-corrected chi connectivity index (χ3v) is 5.12. The number of carbonyl (C=O) groups is 1. The van der Waals surface area contributed by atoms with Gasteiger partial charge in [0.15, 0.2) is 0 Å². The van der Waals surface area contributed by atoms with Crippen LogP contribution in [0.25, 0.3) is 10.9 Å². The van der Waals surface area contributed by atoms with E-state index in [0.717, 1.165) is 24.2 Å². The van der Waals surface area contributed by atoms with Gasteiger partial charge in [0.1, 0.15) is 5.82 Å². The van der Waals surface area contributed by atoms with Gasteiger partial charge in [0.25, 0.3) is 5.56 Å². The topological polar surface area (TPSA) is 55.2 Å². The average molecular weight is 311 g/mol. The van der Waals surface area contributed by atoms with E-state index in [2.05, 4.69) is 0 Å². The molecule has 2 bridgehead atoms. The molecule has 0 saturated carbocycles. The van der Waals surface area contributed by atoms with Gasteiger partial charge in [-0.2, -0.15) is 0 Å². The van der Waals surface area contributed by atoms with Gasteiger partial charge in [0, 0.05) is 24.9 Å². The number of fused-ring (bicyclic) bond motifs is 4. The van der Waals surface area contributed by atoms with Crippen LogP contribution in [0.3, 0.4) is 0 Å². The van der Waals surface area contributed by atoms with E-state index in [1.54, 1.807) is 4.57 Å². The first-order valence-electron chi connectivity index (χ1n) is 8.37. The van der Waals surface area contributed by atoms with Gasteiger partial charge < -0.3 is 4.90 Å². The van der Waals surface area contributed by atoms with Gasteiger partial charge in [-0.25, -0.2) is 4.98 Å². The van der Waals surface area contributed by atoms with Crippen molar-refractivity contribution in [3.63, 3.8) is 0 Å². The van der Waals surface area contributed by atoms with E-state index in [9.17, 15) is 9.59 Å². The standard InChI is InChI=1S/C18H21N3O2/c1-11(2)17(22)21-12-7-8-13(21)10-20-16(9-12)19-15-6-4-3-5-14(15)18(20)23/h3-6,11-13H,7-10H2,1-2H3/t12-,13+/m0/s1. The Bertz CT molecular complexity index is 840. The van der Waals surface area contributed by atoms with E-state index in [0.29, 0.717) is 18.4 Å². The summed E-state index contributed by atoms with van der Waals surface area (Å²) in [6.07, 6.45) is 2.66. The van der Waals surface area contributed by atoms with E-state index in [1.165, 1.54) is 0 Å². The molecule has 0 unspecified atom stereocenters. The molecule has 3 heterocycles. The predicted octanol–water partition coefficient (Wildman–Crippen LogP) is 1.97. The van der Waals surface area contributed by atoms with Gasteiger partial charge in [-0.1, -0.05) is 26.0 Å². The van der Waals surface area contributed by atoms with Crippen LogP contribution in [0.5, 0.6) is 0 Å². The van der Waals surface area contributed by atoms with Gasteiger partial charge in [-0.3, -0.25) is 14.2 Å². The fourth-order valence-electron chi connectivity index (χ4n) is 3.98. The molecule has 1 aromatic carbocycles. The number of amides is 1. The smallest absolute Gasteiger partial charge is 0.261 e. The lowest BCUT2D eigenvalue weighted by molar-refractivity contribution is -0.137. The summed E-state index contributed by atoms with van der Waals surface area (Å²) in [6, 6.07) is 7.79. The second kappa shape index (κ2) is 5.18. The minimum Gasteiger partial charge on any atom is -0.334 e. The van der Waals surface area contributed by atoms with Crippen molar-refractivity contribution in [1.82, 2.24) is 14.5 Å². The number of para-hydroxylation sites is 1. The van der Waals surface area contributed by atoms with Crippen molar-refractivity contribution in [2.45, 2.75) is 51.7 Å². The molecule has 5 nitrogen and oxygen atoms in total. The second-order valence-electron chi connectivity index (χ2n) is 6.95. The van der Waals surface area contributed by atoms with Crippen LogP contribution in [0.4, 0.5) is 0 Å². The maximum atomic E-state index is 12.8. The van der Waals surface area contributed by atoms with Crippen LogP contribution in [0.15, 0.2) is 29.1 Å². The molecule has 0 spiro atoms. The third kappa shape index (κ3) is 2.18. The highest BCUT2D eigenvalue weighted by Gasteiger charge is 2.41. The second-order valence-corrected chi connectivity index (χ2v) is 6.95. The van der Waals surface area contributed by atoms with Crippen LogP contribution >= 0.6 is 0 Å². The fraction of sp³-hybridized carbons (Fsp3) is 0.500. The Hall–Kier alpha value is -2.17. The summed E-state index contributed by atoms with van der Waals surface area (Å²) in [7, 11) is 0. The zero-order chi connectivity index (χ0) is 16.1. The average Bonchev–Trinajstić information content (AvgIpc) is 2.83. The van der Waals surface area contributed by atoms with Crippen molar-refractivity contribution >= 4 is 16.8 Å². The summed E-state index contributed by atoms with van der Waals surface area (Å²) < 4.78 is 1.80. The molecule has 1 saturated heterocycles. The first-order chi connectivity index (χ1) is 11.1. The molecule has 1 fully saturated rings. The zero-order valence-electron chi connectivity index (χ0n) is 13.5. The molecule has 1 aromatic heterocycles. The summed E-state index contributed by atoms with van der Waals surface area (Å²) in [5.41, 5.74) is 0.776. The van der Waals surface area contributed by atoms with Crippen LogP contribution in [-0.4, -0.2) is 32.4 Å². The lowest BCUT2D eigenvalue weighted by Crippen LogP contribution is -2.44. The Labute approximate surface area is 134 Å². The summed E-state index contributed by atoms with van der Waals surface area (Å²) in [6.45, 7) is 4.46. The fourth-order valence-corrected chi connectivity index (χ4v) is 3.98. The van der Waals surface area contributed by atoms with Crippen LogP contribution in [0.1, 0.15) is 32.5 Å². The molecule has 23 heavy (non-hydrogen) atoms. The highest BCUT2D eigenvalue weighted by molar-refractivity contribution is 5.79. The lowest BCUT2D eigenvalue weighted by Gasteiger charge is -2.29. The number of carbonyl (C=O) groups excluding carboxylic acids is 1. The Morgan fingerprint density at radius 3 is 2.74 bits per heavy atom. The Morgan fingerprint density at radius 2 is 1.96 bits per heavy atom. The van der Waals surface area contributed by atoms with Crippen LogP contribution in [-0.2, 0) is 17.8 Å². The molecule has 5 heteroatoms. The van der Waals surface area contributed by atoms with Gasteiger partial charge in [0.05, 0.1) is 16.9 Å². The highest BCUT2D eigenvalue weighted by atomic mass is 16.2. The van der Waals surface area contributed by atoms with Crippen LogP contribution in [0.2, 0.25) is 0 Å². The normalized spacial score (nSPS) is 23.2. The number of hydrogen-bond donors (Lipinski definition) is 0. The number of nitrogens with zero attached hydrogens (tertiary/aromatic N) is 3. The first kappa shape index (κ1) is 14.4. The number of aromatic nitrogens is 2. The molecule has 4 rings (SSSR count). The molecule has 0 N–H and O–H groups in total. The minimum atomic E-state index is -0.0111. The van der Waals surface area contributed by atoms with E-state index >= 15 is 0 Å². The van der Waals surface area contributed by atoms with Gasteiger partial charge >= 0.3 is 0 Å². The van der Waals surface area contributed by atoms with Crippen LogP contribution < -0.4 is 5.56 Å². The van der Waals surface area contributed by atoms with Crippen molar-refractivity contribution in [3.05, 3.63) is 40.4 Å². The summed E-state index contributed by atoms with van der Waals surface area (Å²) >= 11 is 0. The highest BCUT2D eigenvalue weighted by Crippen LogP contribution is 2.32. The summed E-state index contributed by atoms with van der Waals surface area (Å²) in [5, 5.41) is 0.663. The molecule has 2 aliphatic rings. The van der Waals surface area contributed by atoms with Crippen molar-refractivity contribution in [3.8, 4) is 0 Å². The van der Waals surface area contributed by atoms with Crippen LogP contribution in [0, 0.1) is 5.92 Å².